The third kappa shape index (κ3) is 3.45. The molecule has 0 aliphatic carbocycles. The largest absolute Gasteiger partial charge is 0.319 e. The number of nitrogens with two attached hydrogens (primary N) is 1. The SMILES string of the molecule is Cc1cnc(C(N)c2cccc(CC(C)C)c2)c(C)c1. The van der Waals surface area contributed by atoms with E-state index in [1.165, 1.54) is 11.1 Å². The molecule has 2 N–H and O–H groups in total. The van der Waals surface area contributed by atoms with Gasteiger partial charge in [-0.25, -0.2) is 0 Å². The normalized spacial score (nSPS) is 12.7. The second-order valence-electron chi connectivity index (χ2n) is 6.04. The zero-order chi connectivity index (χ0) is 14.7. The Labute approximate surface area is 122 Å². The van der Waals surface area contributed by atoms with Crippen LogP contribution in [0, 0.1) is 19.8 Å². The van der Waals surface area contributed by atoms with Crippen LogP contribution < -0.4 is 5.73 Å². The van der Waals surface area contributed by atoms with E-state index in [1.54, 1.807) is 0 Å². The van der Waals surface area contributed by atoms with Gasteiger partial charge in [0.2, 0.25) is 0 Å². The molecule has 20 heavy (non-hydrogen) atoms. The lowest BCUT2D eigenvalue weighted by molar-refractivity contribution is 0.646. The van der Waals surface area contributed by atoms with Gasteiger partial charge in [-0.15, -0.1) is 0 Å². The van der Waals surface area contributed by atoms with E-state index >= 15 is 0 Å². The van der Waals surface area contributed by atoms with Gasteiger partial charge in [-0.05, 0) is 48.4 Å². The smallest absolute Gasteiger partial charge is 0.0729 e. The number of aromatic nitrogens is 1. The Bertz CT molecular complexity index is 588. The number of pyridine rings is 1. The molecule has 1 unspecified atom stereocenters. The van der Waals surface area contributed by atoms with Gasteiger partial charge in [-0.2, -0.15) is 0 Å². The zero-order valence-electron chi connectivity index (χ0n) is 12.9. The maximum absolute atomic E-state index is 6.40. The maximum Gasteiger partial charge on any atom is 0.0729 e. The van der Waals surface area contributed by atoms with Crippen LogP contribution in [0.5, 0.6) is 0 Å². The molecule has 0 fully saturated rings. The van der Waals surface area contributed by atoms with Crippen molar-refractivity contribution in [2.24, 2.45) is 11.7 Å². The third-order valence-electron chi connectivity index (χ3n) is 3.50. The topological polar surface area (TPSA) is 38.9 Å². The van der Waals surface area contributed by atoms with Crippen LogP contribution in [0.25, 0.3) is 0 Å². The lowest BCUT2D eigenvalue weighted by Crippen LogP contribution is -2.15. The van der Waals surface area contributed by atoms with Crippen molar-refractivity contribution in [1.82, 2.24) is 4.98 Å². The van der Waals surface area contributed by atoms with Crippen LogP contribution in [0.1, 0.15) is 47.8 Å². The van der Waals surface area contributed by atoms with Gasteiger partial charge in [-0.3, -0.25) is 4.98 Å². The van der Waals surface area contributed by atoms with Crippen molar-refractivity contribution in [3.05, 3.63) is 64.5 Å². The molecule has 0 spiro atoms. The van der Waals surface area contributed by atoms with Gasteiger partial charge in [0.05, 0.1) is 11.7 Å². The first kappa shape index (κ1) is 14.7. The van der Waals surface area contributed by atoms with E-state index < -0.39 is 0 Å². The molecule has 106 valence electrons. The highest BCUT2D eigenvalue weighted by Gasteiger charge is 2.13. The lowest BCUT2D eigenvalue weighted by Gasteiger charge is -2.16. The number of rotatable bonds is 4. The van der Waals surface area contributed by atoms with Crippen LogP contribution in [-0.4, -0.2) is 4.98 Å². The maximum atomic E-state index is 6.40. The highest BCUT2D eigenvalue weighted by Crippen LogP contribution is 2.23. The number of hydrogen-bond acceptors (Lipinski definition) is 2. The molecule has 0 radical (unpaired) electrons. The molecule has 1 aromatic heterocycles. The molecule has 0 aliphatic rings. The molecule has 0 aliphatic heterocycles. The third-order valence-corrected chi connectivity index (χ3v) is 3.50. The predicted molar refractivity (Wildman–Crippen MR) is 84.7 cm³/mol. The Kier molecular flexibility index (Phi) is 4.56. The van der Waals surface area contributed by atoms with E-state index in [0.29, 0.717) is 5.92 Å². The van der Waals surface area contributed by atoms with Gasteiger partial charge < -0.3 is 5.73 Å². The van der Waals surface area contributed by atoms with Crippen LogP contribution >= 0.6 is 0 Å². The van der Waals surface area contributed by atoms with E-state index in [-0.39, 0.29) is 6.04 Å². The molecule has 0 amide bonds. The van der Waals surface area contributed by atoms with Crippen LogP contribution in [0.2, 0.25) is 0 Å². The summed E-state index contributed by atoms with van der Waals surface area (Å²) in [5, 5.41) is 0. The van der Waals surface area contributed by atoms with E-state index in [4.69, 9.17) is 5.73 Å². The summed E-state index contributed by atoms with van der Waals surface area (Å²) in [5.74, 6) is 0.653. The van der Waals surface area contributed by atoms with E-state index in [2.05, 4.69) is 63.0 Å². The molecular weight excluding hydrogens is 244 g/mol. The van der Waals surface area contributed by atoms with Crippen molar-refractivity contribution in [3.63, 3.8) is 0 Å². The van der Waals surface area contributed by atoms with Crippen molar-refractivity contribution >= 4 is 0 Å². The van der Waals surface area contributed by atoms with Crippen LogP contribution in [-0.2, 0) is 6.42 Å². The van der Waals surface area contributed by atoms with E-state index in [0.717, 1.165) is 23.2 Å². The molecule has 0 saturated carbocycles. The van der Waals surface area contributed by atoms with Gasteiger partial charge in [0.15, 0.2) is 0 Å². The second-order valence-corrected chi connectivity index (χ2v) is 6.04. The van der Waals surface area contributed by atoms with Crippen molar-refractivity contribution in [3.8, 4) is 0 Å². The summed E-state index contributed by atoms with van der Waals surface area (Å²) in [4.78, 5) is 4.52. The quantitative estimate of drug-likeness (QED) is 0.912. The first-order chi connectivity index (χ1) is 9.47. The molecule has 2 nitrogen and oxygen atoms in total. The molecule has 1 heterocycles. The summed E-state index contributed by atoms with van der Waals surface area (Å²) < 4.78 is 0. The van der Waals surface area contributed by atoms with Crippen LogP contribution in [0.3, 0.4) is 0 Å². The standard InChI is InChI=1S/C18H24N2/c1-12(2)8-15-6-5-7-16(10-15)17(19)18-14(4)9-13(3)11-20-18/h5-7,9-12,17H,8,19H2,1-4H3. The summed E-state index contributed by atoms with van der Waals surface area (Å²) in [5.41, 5.74) is 12.2. The predicted octanol–water partition coefficient (Wildman–Crippen LogP) is 3.95. The molecule has 2 aromatic rings. The molecule has 2 heteroatoms. The van der Waals surface area contributed by atoms with Gasteiger partial charge in [0, 0.05) is 6.20 Å². The summed E-state index contributed by atoms with van der Waals surface area (Å²) in [7, 11) is 0. The van der Waals surface area contributed by atoms with E-state index in [1.807, 2.05) is 6.20 Å². The number of aryl methyl sites for hydroxylation is 2. The first-order valence-electron chi connectivity index (χ1n) is 7.25. The Hall–Kier alpha value is -1.67. The number of nitrogens with zero attached hydrogens (tertiary/aromatic N) is 1. The minimum atomic E-state index is -0.150. The molecule has 0 bridgehead atoms. The average Bonchev–Trinajstić information content (AvgIpc) is 2.37. The Morgan fingerprint density at radius 2 is 1.90 bits per heavy atom. The minimum Gasteiger partial charge on any atom is -0.319 e. The van der Waals surface area contributed by atoms with E-state index in [9.17, 15) is 0 Å². The van der Waals surface area contributed by atoms with Crippen molar-refractivity contribution < 1.29 is 0 Å². The van der Waals surface area contributed by atoms with Gasteiger partial charge in [-0.1, -0.05) is 44.2 Å². The molecular formula is C18H24N2. The summed E-state index contributed by atoms with van der Waals surface area (Å²) >= 11 is 0. The minimum absolute atomic E-state index is 0.150. The summed E-state index contributed by atoms with van der Waals surface area (Å²) in [6.07, 6.45) is 2.97. The summed E-state index contributed by atoms with van der Waals surface area (Å²) in [6, 6.07) is 10.6. The monoisotopic (exact) mass is 268 g/mol. The fourth-order valence-corrected chi connectivity index (χ4v) is 2.59. The second kappa shape index (κ2) is 6.19. The fourth-order valence-electron chi connectivity index (χ4n) is 2.59. The van der Waals surface area contributed by atoms with Gasteiger partial charge in [0.1, 0.15) is 0 Å². The Balaban J connectivity index is 2.30. The first-order valence-corrected chi connectivity index (χ1v) is 7.25. The molecule has 2 rings (SSSR count). The van der Waals surface area contributed by atoms with Gasteiger partial charge >= 0.3 is 0 Å². The number of hydrogen-bond donors (Lipinski definition) is 1. The van der Waals surface area contributed by atoms with Crippen molar-refractivity contribution in [1.29, 1.82) is 0 Å². The zero-order valence-corrected chi connectivity index (χ0v) is 12.9. The van der Waals surface area contributed by atoms with Crippen LogP contribution in [0.15, 0.2) is 36.5 Å². The van der Waals surface area contributed by atoms with Crippen molar-refractivity contribution in [2.75, 3.05) is 0 Å². The Morgan fingerprint density at radius 3 is 2.55 bits per heavy atom. The van der Waals surface area contributed by atoms with Gasteiger partial charge in [0.25, 0.3) is 0 Å². The van der Waals surface area contributed by atoms with Crippen molar-refractivity contribution in [2.45, 2.75) is 40.2 Å². The number of benzene rings is 1. The van der Waals surface area contributed by atoms with Crippen LogP contribution in [0.4, 0.5) is 0 Å². The molecule has 0 saturated heterocycles. The fraction of sp³-hybridized carbons (Fsp3) is 0.389. The summed E-state index contributed by atoms with van der Waals surface area (Å²) in [6.45, 7) is 8.60. The Morgan fingerprint density at radius 1 is 1.15 bits per heavy atom. The molecule has 1 atom stereocenters. The lowest BCUT2D eigenvalue weighted by atomic mass is 9.95. The molecule has 1 aromatic carbocycles. The highest BCUT2D eigenvalue weighted by molar-refractivity contribution is 5.35. The average molecular weight is 268 g/mol. The highest BCUT2D eigenvalue weighted by atomic mass is 14.8.